The van der Waals surface area contributed by atoms with Crippen molar-refractivity contribution in [2.24, 2.45) is 0 Å². The van der Waals surface area contributed by atoms with E-state index in [0.717, 1.165) is 29.8 Å². The number of methoxy groups -OCH3 is 1. The highest BCUT2D eigenvalue weighted by Crippen LogP contribution is 2.19. The molecule has 3 heterocycles. The van der Waals surface area contributed by atoms with E-state index in [2.05, 4.69) is 27.4 Å². The summed E-state index contributed by atoms with van der Waals surface area (Å²) in [6, 6.07) is 15.6. The molecule has 0 saturated carbocycles. The number of thiazole rings is 1. The Bertz CT molecular complexity index is 1100. The van der Waals surface area contributed by atoms with Crippen LogP contribution in [0.3, 0.4) is 0 Å². The number of aryl methyl sites for hydroxylation is 2. The van der Waals surface area contributed by atoms with E-state index in [9.17, 15) is 4.79 Å². The van der Waals surface area contributed by atoms with Crippen LogP contribution in [0.15, 0.2) is 72.5 Å². The highest BCUT2D eigenvalue weighted by atomic mass is 32.1. The van der Waals surface area contributed by atoms with Gasteiger partial charge in [-0.15, -0.1) is 11.3 Å². The van der Waals surface area contributed by atoms with Crippen molar-refractivity contribution in [3.05, 3.63) is 95.0 Å². The van der Waals surface area contributed by atoms with E-state index < -0.39 is 0 Å². The molecule has 3 aromatic heterocycles. The predicted octanol–water partition coefficient (Wildman–Crippen LogP) is 4.43. The summed E-state index contributed by atoms with van der Waals surface area (Å²) in [5.74, 6) is 0.691. The number of anilines is 1. The van der Waals surface area contributed by atoms with Gasteiger partial charge >= 0.3 is 0 Å². The molecule has 1 aromatic carbocycles. The zero-order valence-corrected chi connectivity index (χ0v) is 17.4. The van der Waals surface area contributed by atoms with E-state index >= 15 is 0 Å². The monoisotopic (exact) mass is 418 g/mol. The second kappa shape index (κ2) is 9.37. The average molecular weight is 419 g/mol. The van der Waals surface area contributed by atoms with Gasteiger partial charge in [-0.2, -0.15) is 0 Å². The Morgan fingerprint density at radius 1 is 1.07 bits per heavy atom. The topological polar surface area (TPSA) is 69.0 Å². The molecule has 0 aliphatic heterocycles. The lowest BCUT2D eigenvalue weighted by Crippen LogP contribution is -2.17. The van der Waals surface area contributed by atoms with E-state index in [-0.39, 0.29) is 5.91 Å². The maximum absolute atomic E-state index is 12.7. The summed E-state index contributed by atoms with van der Waals surface area (Å²) in [6.07, 6.45) is 7.10. The van der Waals surface area contributed by atoms with Gasteiger partial charge in [0.15, 0.2) is 5.13 Å². The highest BCUT2D eigenvalue weighted by Gasteiger charge is 2.13. The number of nitrogens with one attached hydrogen (secondary N) is 1. The summed E-state index contributed by atoms with van der Waals surface area (Å²) in [4.78, 5) is 21.3. The molecule has 0 spiro atoms. The molecule has 30 heavy (non-hydrogen) atoms. The summed E-state index contributed by atoms with van der Waals surface area (Å²) >= 11 is 1.45. The number of nitrogens with zero attached hydrogens (tertiary/aromatic N) is 3. The molecule has 4 rings (SSSR count). The minimum absolute atomic E-state index is 0.162. The van der Waals surface area contributed by atoms with Crippen molar-refractivity contribution in [3.8, 4) is 5.75 Å². The Morgan fingerprint density at radius 3 is 2.63 bits per heavy atom. The van der Waals surface area contributed by atoms with E-state index in [1.54, 1.807) is 19.5 Å². The molecular weight excluding hydrogens is 396 g/mol. The number of pyridine rings is 1. The fourth-order valence-corrected chi connectivity index (χ4v) is 3.89. The summed E-state index contributed by atoms with van der Waals surface area (Å²) in [5, 5.41) is 5.53. The van der Waals surface area contributed by atoms with Gasteiger partial charge in [0.1, 0.15) is 11.4 Å². The van der Waals surface area contributed by atoms with Crippen molar-refractivity contribution < 1.29 is 9.53 Å². The van der Waals surface area contributed by atoms with Crippen LogP contribution in [0, 0.1) is 0 Å². The molecule has 0 saturated heterocycles. The number of ether oxygens (including phenoxy) is 1. The van der Waals surface area contributed by atoms with Crippen LogP contribution in [0.25, 0.3) is 0 Å². The smallest absolute Gasteiger partial charge is 0.274 e. The van der Waals surface area contributed by atoms with E-state index in [0.29, 0.717) is 17.4 Å². The summed E-state index contributed by atoms with van der Waals surface area (Å²) in [5.41, 5.74) is 3.88. The number of amides is 1. The van der Waals surface area contributed by atoms with Crippen molar-refractivity contribution in [3.63, 3.8) is 0 Å². The predicted molar refractivity (Wildman–Crippen MR) is 118 cm³/mol. The quantitative estimate of drug-likeness (QED) is 0.459. The zero-order valence-electron chi connectivity index (χ0n) is 16.6. The van der Waals surface area contributed by atoms with Crippen LogP contribution in [0.2, 0.25) is 0 Å². The molecule has 0 radical (unpaired) electrons. The van der Waals surface area contributed by atoms with Crippen LogP contribution in [-0.2, 0) is 19.4 Å². The number of benzene rings is 1. The molecule has 1 amide bonds. The van der Waals surface area contributed by atoms with E-state index in [4.69, 9.17) is 4.74 Å². The molecule has 7 heteroatoms. The average Bonchev–Trinajstić information content (AvgIpc) is 3.43. The van der Waals surface area contributed by atoms with Gasteiger partial charge in [-0.3, -0.25) is 15.1 Å². The maximum atomic E-state index is 12.7. The van der Waals surface area contributed by atoms with Crippen LogP contribution >= 0.6 is 11.3 Å². The van der Waals surface area contributed by atoms with Gasteiger partial charge in [0, 0.05) is 30.5 Å². The van der Waals surface area contributed by atoms with Crippen LogP contribution in [0.1, 0.15) is 27.3 Å². The number of hydrogen-bond acceptors (Lipinski definition) is 5. The standard InChI is InChI=1S/C23H22N4O2S/c1-29-20-8-5-17(6-9-20)4-7-19-16-30-23(25-19)26-22(28)21-3-2-14-27(21)15-18-10-12-24-13-11-18/h2-3,5-6,8-14,16H,4,7,15H2,1H3,(H,25,26,28). The SMILES string of the molecule is COc1ccc(CCc2csc(NC(=O)c3cccn3Cc3ccncc3)n2)cc1. The van der Waals surface area contributed by atoms with Gasteiger partial charge in [-0.05, 0) is 60.4 Å². The first-order valence-electron chi connectivity index (χ1n) is 9.64. The van der Waals surface area contributed by atoms with Gasteiger partial charge in [0.05, 0.1) is 12.8 Å². The van der Waals surface area contributed by atoms with Gasteiger partial charge in [-0.1, -0.05) is 12.1 Å². The lowest BCUT2D eigenvalue weighted by atomic mass is 10.1. The molecule has 1 N–H and O–H groups in total. The fourth-order valence-electron chi connectivity index (χ4n) is 3.15. The molecule has 0 bridgehead atoms. The third kappa shape index (κ3) is 4.93. The lowest BCUT2D eigenvalue weighted by molar-refractivity contribution is 0.101. The van der Waals surface area contributed by atoms with E-state index in [1.807, 2.05) is 52.5 Å². The van der Waals surface area contributed by atoms with Crippen LogP contribution < -0.4 is 10.1 Å². The summed E-state index contributed by atoms with van der Waals surface area (Å²) in [6.45, 7) is 0.614. The third-order valence-corrected chi connectivity index (χ3v) is 5.57. The van der Waals surface area contributed by atoms with Crippen molar-refractivity contribution in [1.82, 2.24) is 14.5 Å². The Balaban J connectivity index is 1.35. The first-order valence-corrected chi connectivity index (χ1v) is 10.5. The molecule has 152 valence electrons. The van der Waals surface area contributed by atoms with Gasteiger partial charge in [0.25, 0.3) is 5.91 Å². The largest absolute Gasteiger partial charge is 0.497 e. The number of hydrogen-bond donors (Lipinski definition) is 1. The lowest BCUT2D eigenvalue weighted by Gasteiger charge is -2.08. The number of aromatic nitrogens is 3. The van der Waals surface area contributed by atoms with Crippen molar-refractivity contribution in [2.75, 3.05) is 12.4 Å². The fraction of sp³-hybridized carbons (Fsp3) is 0.174. The van der Waals surface area contributed by atoms with E-state index in [1.165, 1.54) is 16.9 Å². The molecule has 0 aliphatic rings. The molecule has 0 unspecified atom stereocenters. The number of carbonyl (C=O) groups is 1. The van der Waals surface area contributed by atoms with Crippen LogP contribution in [-0.4, -0.2) is 27.6 Å². The third-order valence-electron chi connectivity index (χ3n) is 4.77. The van der Waals surface area contributed by atoms with Crippen LogP contribution in [0.4, 0.5) is 5.13 Å². The zero-order chi connectivity index (χ0) is 20.8. The van der Waals surface area contributed by atoms with Gasteiger partial charge in [0.2, 0.25) is 0 Å². The Hall–Kier alpha value is -3.45. The highest BCUT2D eigenvalue weighted by molar-refractivity contribution is 7.13. The minimum atomic E-state index is -0.162. The van der Waals surface area contributed by atoms with Gasteiger partial charge in [-0.25, -0.2) is 4.98 Å². The Kier molecular flexibility index (Phi) is 6.20. The number of carbonyl (C=O) groups excluding carboxylic acids is 1. The summed E-state index contributed by atoms with van der Waals surface area (Å²) in [7, 11) is 1.66. The normalized spacial score (nSPS) is 10.7. The van der Waals surface area contributed by atoms with Gasteiger partial charge < -0.3 is 9.30 Å². The molecule has 0 fully saturated rings. The summed E-state index contributed by atoms with van der Waals surface area (Å²) < 4.78 is 7.11. The minimum Gasteiger partial charge on any atom is -0.497 e. The molecule has 0 atom stereocenters. The Labute approximate surface area is 179 Å². The first kappa shape index (κ1) is 19.8. The molecule has 4 aromatic rings. The molecule has 6 nitrogen and oxygen atoms in total. The van der Waals surface area contributed by atoms with Crippen molar-refractivity contribution in [2.45, 2.75) is 19.4 Å². The maximum Gasteiger partial charge on any atom is 0.274 e. The Morgan fingerprint density at radius 2 is 1.87 bits per heavy atom. The second-order valence-electron chi connectivity index (χ2n) is 6.82. The molecule has 0 aliphatic carbocycles. The second-order valence-corrected chi connectivity index (χ2v) is 7.68. The van der Waals surface area contributed by atoms with Crippen molar-refractivity contribution in [1.29, 1.82) is 0 Å². The van der Waals surface area contributed by atoms with Crippen molar-refractivity contribution >= 4 is 22.4 Å². The number of rotatable bonds is 8. The molecular formula is C23H22N4O2S. The first-order chi connectivity index (χ1) is 14.7. The van der Waals surface area contributed by atoms with Crippen LogP contribution in [0.5, 0.6) is 5.75 Å².